The Balaban J connectivity index is 1.86. The number of rotatable bonds is 5. The topological polar surface area (TPSA) is 42.5 Å². The molecule has 0 amide bonds. The summed E-state index contributed by atoms with van der Waals surface area (Å²) in [7, 11) is 3.17. The molecule has 0 unspecified atom stereocenters. The number of para-hydroxylation sites is 1. The van der Waals surface area contributed by atoms with Crippen LogP contribution >= 0.6 is 12.2 Å². The van der Waals surface area contributed by atoms with Crippen molar-refractivity contribution in [3.63, 3.8) is 0 Å². The van der Waals surface area contributed by atoms with Gasteiger partial charge in [0.25, 0.3) is 0 Å². The zero-order valence-electron chi connectivity index (χ0n) is 15.3. The van der Waals surface area contributed by atoms with E-state index in [0.29, 0.717) is 11.5 Å². The molecule has 4 nitrogen and oxygen atoms in total. The lowest BCUT2D eigenvalue weighted by atomic mass is 9.88. The van der Waals surface area contributed by atoms with Crippen molar-refractivity contribution in [2.24, 2.45) is 0 Å². The molecule has 144 valence electrons. The highest BCUT2D eigenvalue weighted by atomic mass is 32.1. The van der Waals surface area contributed by atoms with E-state index >= 15 is 0 Å². The minimum absolute atomic E-state index is 0.177. The highest BCUT2D eigenvalue weighted by Crippen LogP contribution is 2.41. The van der Waals surface area contributed by atoms with E-state index in [-0.39, 0.29) is 10.8 Å². The number of hydrogen-bond acceptors (Lipinski definition) is 3. The van der Waals surface area contributed by atoms with E-state index in [1.54, 1.807) is 14.2 Å². The number of halogens is 2. The summed E-state index contributed by atoms with van der Waals surface area (Å²) < 4.78 is 38.5. The Hall–Kier alpha value is -2.41. The van der Waals surface area contributed by atoms with Gasteiger partial charge in [-0.3, -0.25) is 0 Å². The van der Waals surface area contributed by atoms with Crippen molar-refractivity contribution in [1.29, 1.82) is 0 Å². The maximum Gasteiger partial charge on any atom is 0.171 e. The quantitative estimate of drug-likeness (QED) is 0.720. The lowest BCUT2D eigenvalue weighted by Crippen LogP contribution is -2.45. The number of nitrogens with one attached hydrogen (secondary N) is 2. The predicted octanol–water partition coefficient (Wildman–Crippen LogP) is 4.74. The Morgan fingerprint density at radius 2 is 1.63 bits per heavy atom. The minimum Gasteiger partial charge on any atom is -0.493 e. The lowest BCUT2D eigenvalue weighted by Gasteiger charge is -2.33. The summed E-state index contributed by atoms with van der Waals surface area (Å²) in [6.07, 6.45) is 3.75. The van der Waals surface area contributed by atoms with Crippen molar-refractivity contribution in [2.75, 3.05) is 19.5 Å². The Labute approximate surface area is 162 Å². The molecule has 27 heavy (non-hydrogen) atoms. The molecule has 2 aromatic carbocycles. The molecule has 1 aliphatic carbocycles. The van der Waals surface area contributed by atoms with Gasteiger partial charge in [0.15, 0.2) is 16.6 Å². The normalized spacial score (nSPS) is 15.3. The van der Waals surface area contributed by atoms with Gasteiger partial charge in [-0.2, -0.15) is 0 Å². The molecule has 1 aliphatic rings. The SMILES string of the molecule is COc1ccc(C2(NC(=S)Nc3c(F)cccc3F)CCCC2)cc1OC. The van der Waals surface area contributed by atoms with Crippen LogP contribution in [0.5, 0.6) is 11.5 Å². The summed E-state index contributed by atoms with van der Waals surface area (Å²) in [5.41, 5.74) is 0.317. The summed E-state index contributed by atoms with van der Waals surface area (Å²) in [5, 5.41) is 6.13. The number of hydrogen-bond donors (Lipinski definition) is 2. The molecule has 2 aromatic rings. The zero-order valence-corrected chi connectivity index (χ0v) is 16.1. The molecule has 0 aromatic heterocycles. The average Bonchev–Trinajstić information content (AvgIpc) is 3.13. The molecular formula is C20H22F2N2O2S. The highest BCUT2D eigenvalue weighted by molar-refractivity contribution is 7.80. The van der Waals surface area contributed by atoms with E-state index in [9.17, 15) is 8.78 Å². The van der Waals surface area contributed by atoms with Crippen LogP contribution in [0.2, 0.25) is 0 Å². The van der Waals surface area contributed by atoms with Crippen LogP contribution in [-0.2, 0) is 5.54 Å². The van der Waals surface area contributed by atoms with Crippen LogP contribution in [-0.4, -0.2) is 19.3 Å². The maximum atomic E-state index is 13.9. The molecule has 0 spiro atoms. The Morgan fingerprint density at radius 1 is 1.00 bits per heavy atom. The van der Waals surface area contributed by atoms with Gasteiger partial charge in [-0.05, 0) is 54.9 Å². The van der Waals surface area contributed by atoms with Crippen LogP contribution in [0.25, 0.3) is 0 Å². The lowest BCUT2D eigenvalue weighted by molar-refractivity contribution is 0.350. The standard InChI is InChI=1S/C20H22F2N2O2S/c1-25-16-9-8-13(12-17(16)26-2)20(10-3-4-11-20)24-19(27)23-18-14(21)6-5-7-15(18)22/h5-9,12H,3-4,10-11H2,1-2H3,(H2,23,24,27). The van der Waals surface area contributed by atoms with Crippen LogP contribution in [0.3, 0.4) is 0 Å². The molecule has 0 bridgehead atoms. The molecule has 0 aliphatic heterocycles. The van der Waals surface area contributed by atoms with Gasteiger partial charge in [0.05, 0.1) is 19.8 Å². The van der Waals surface area contributed by atoms with Crippen molar-refractivity contribution >= 4 is 23.0 Å². The van der Waals surface area contributed by atoms with Crippen molar-refractivity contribution in [2.45, 2.75) is 31.2 Å². The molecule has 1 saturated carbocycles. The number of anilines is 1. The van der Waals surface area contributed by atoms with E-state index in [1.807, 2.05) is 18.2 Å². The fraction of sp³-hybridized carbons (Fsp3) is 0.350. The third-order valence-corrected chi connectivity index (χ3v) is 5.15. The van der Waals surface area contributed by atoms with Crippen LogP contribution in [0.1, 0.15) is 31.2 Å². The average molecular weight is 392 g/mol. The summed E-state index contributed by atoms with van der Waals surface area (Å²) in [6, 6.07) is 9.42. The maximum absolute atomic E-state index is 13.9. The second-order valence-electron chi connectivity index (χ2n) is 6.53. The molecule has 0 radical (unpaired) electrons. The van der Waals surface area contributed by atoms with Crippen LogP contribution in [0.15, 0.2) is 36.4 Å². The van der Waals surface area contributed by atoms with Gasteiger partial charge in [0.1, 0.15) is 17.3 Å². The van der Waals surface area contributed by atoms with Crippen LogP contribution in [0.4, 0.5) is 14.5 Å². The van der Waals surface area contributed by atoms with Gasteiger partial charge in [0.2, 0.25) is 0 Å². The van der Waals surface area contributed by atoms with E-state index in [1.165, 1.54) is 18.2 Å². The van der Waals surface area contributed by atoms with Gasteiger partial charge in [-0.1, -0.05) is 25.0 Å². The first-order valence-electron chi connectivity index (χ1n) is 8.75. The van der Waals surface area contributed by atoms with E-state index in [4.69, 9.17) is 21.7 Å². The first kappa shape index (κ1) is 19.4. The predicted molar refractivity (Wildman–Crippen MR) is 105 cm³/mol. The van der Waals surface area contributed by atoms with E-state index in [2.05, 4.69) is 10.6 Å². The molecular weight excluding hydrogens is 370 g/mol. The smallest absolute Gasteiger partial charge is 0.171 e. The van der Waals surface area contributed by atoms with Crippen molar-refractivity contribution in [1.82, 2.24) is 5.32 Å². The van der Waals surface area contributed by atoms with Gasteiger partial charge in [-0.15, -0.1) is 0 Å². The summed E-state index contributed by atoms with van der Waals surface area (Å²) >= 11 is 5.36. The third kappa shape index (κ3) is 3.98. The first-order valence-corrected chi connectivity index (χ1v) is 9.15. The largest absolute Gasteiger partial charge is 0.493 e. The van der Waals surface area contributed by atoms with Gasteiger partial charge < -0.3 is 20.1 Å². The fourth-order valence-corrected chi connectivity index (χ4v) is 3.88. The van der Waals surface area contributed by atoms with Gasteiger partial charge in [-0.25, -0.2) is 8.78 Å². The number of thiocarbonyl (C=S) groups is 1. The third-order valence-electron chi connectivity index (χ3n) is 4.95. The molecule has 0 heterocycles. The monoisotopic (exact) mass is 392 g/mol. The Bertz CT molecular complexity index is 818. The van der Waals surface area contributed by atoms with E-state index < -0.39 is 17.2 Å². The number of benzene rings is 2. The molecule has 0 atom stereocenters. The fourth-order valence-electron chi connectivity index (χ4n) is 3.58. The second kappa shape index (κ2) is 8.08. The van der Waals surface area contributed by atoms with E-state index in [0.717, 1.165) is 31.2 Å². The molecule has 7 heteroatoms. The molecule has 2 N–H and O–H groups in total. The Morgan fingerprint density at radius 3 is 2.22 bits per heavy atom. The van der Waals surface area contributed by atoms with Crippen LogP contribution in [0, 0.1) is 11.6 Å². The molecule has 3 rings (SSSR count). The molecule has 0 saturated heterocycles. The molecule has 1 fully saturated rings. The highest BCUT2D eigenvalue weighted by Gasteiger charge is 2.37. The first-order chi connectivity index (χ1) is 13.0. The number of methoxy groups -OCH3 is 2. The van der Waals surface area contributed by atoms with Gasteiger partial charge >= 0.3 is 0 Å². The summed E-state index contributed by atoms with van der Waals surface area (Å²) in [4.78, 5) is 0. The summed E-state index contributed by atoms with van der Waals surface area (Å²) in [5.74, 6) is -0.109. The van der Waals surface area contributed by atoms with Gasteiger partial charge in [0, 0.05) is 0 Å². The van der Waals surface area contributed by atoms with Crippen molar-refractivity contribution in [3.05, 3.63) is 53.6 Å². The van der Waals surface area contributed by atoms with Crippen molar-refractivity contribution in [3.8, 4) is 11.5 Å². The Kier molecular flexibility index (Phi) is 5.79. The summed E-state index contributed by atoms with van der Waals surface area (Å²) in [6.45, 7) is 0. The zero-order chi connectivity index (χ0) is 19.4. The van der Waals surface area contributed by atoms with Crippen molar-refractivity contribution < 1.29 is 18.3 Å². The van der Waals surface area contributed by atoms with Crippen LogP contribution < -0.4 is 20.1 Å². The minimum atomic E-state index is -0.689. The number of ether oxygens (including phenoxy) is 2. The second-order valence-corrected chi connectivity index (χ2v) is 6.94.